The maximum absolute atomic E-state index is 12.6. The summed E-state index contributed by atoms with van der Waals surface area (Å²) >= 11 is 3.11. The Hall–Kier alpha value is -0.710. The molecule has 0 saturated carbocycles. The highest BCUT2D eigenvalue weighted by Crippen LogP contribution is 2.35. The molecule has 0 fully saturated rings. The molecule has 0 radical (unpaired) electrons. The summed E-state index contributed by atoms with van der Waals surface area (Å²) in [5.74, 6) is -2.03. The molecule has 2 nitrogen and oxygen atoms in total. The monoisotopic (exact) mass is 280 g/mol. The van der Waals surface area contributed by atoms with E-state index in [9.17, 15) is 13.6 Å². The van der Waals surface area contributed by atoms with Crippen molar-refractivity contribution in [3.63, 3.8) is 0 Å². The van der Waals surface area contributed by atoms with Crippen LogP contribution in [0.5, 0.6) is 0 Å². The lowest BCUT2D eigenvalue weighted by atomic mass is 9.84. The van der Waals surface area contributed by atoms with Gasteiger partial charge in [-0.3, -0.25) is 0 Å². The lowest BCUT2D eigenvalue weighted by molar-refractivity contribution is -0.137. The van der Waals surface area contributed by atoms with Crippen molar-refractivity contribution in [2.24, 2.45) is 11.8 Å². The van der Waals surface area contributed by atoms with Crippen LogP contribution in [0.3, 0.4) is 0 Å². The van der Waals surface area contributed by atoms with Crippen LogP contribution in [0.2, 0.25) is 0 Å². The Labute approximate surface area is 95.1 Å². The molecule has 84 valence electrons. The predicted molar refractivity (Wildman–Crippen MR) is 55.8 cm³/mol. The van der Waals surface area contributed by atoms with Gasteiger partial charge in [-0.25, -0.2) is 13.6 Å². The first-order chi connectivity index (χ1) is 6.97. The number of rotatable bonds is 2. The largest absolute Gasteiger partial charge is 0.466 e. The molecule has 0 amide bonds. The zero-order chi connectivity index (χ0) is 11.6. The number of methoxy groups -OCH3 is 1. The third-order valence-corrected chi connectivity index (χ3v) is 2.92. The fourth-order valence-corrected chi connectivity index (χ4v) is 2.07. The van der Waals surface area contributed by atoms with E-state index in [1.54, 1.807) is 6.92 Å². The van der Waals surface area contributed by atoms with E-state index >= 15 is 0 Å². The van der Waals surface area contributed by atoms with E-state index < -0.39 is 24.2 Å². The summed E-state index contributed by atoms with van der Waals surface area (Å²) in [7, 11) is 1.24. The molecule has 0 aromatic carbocycles. The van der Waals surface area contributed by atoms with Crippen molar-refractivity contribution in [1.29, 1.82) is 0 Å². The smallest absolute Gasteiger partial charge is 0.334 e. The molecule has 5 heteroatoms. The number of hydrogen-bond acceptors (Lipinski definition) is 2. The minimum Gasteiger partial charge on any atom is -0.466 e. The van der Waals surface area contributed by atoms with Gasteiger partial charge in [-0.15, -0.1) is 0 Å². The molecule has 0 spiro atoms. The number of halogens is 3. The van der Waals surface area contributed by atoms with E-state index in [2.05, 4.69) is 20.7 Å². The van der Waals surface area contributed by atoms with Crippen LogP contribution in [0.15, 0.2) is 22.2 Å². The normalized spacial score (nSPS) is 26.0. The lowest BCUT2D eigenvalue weighted by Crippen LogP contribution is -2.26. The van der Waals surface area contributed by atoms with Gasteiger partial charge in [-0.1, -0.05) is 28.9 Å². The molecule has 1 aliphatic carbocycles. The maximum Gasteiger partial charge on any atom is 0.334 e. The van der Waals surface area contributed by atoms with Crippen molar-refractivity contribution < 1.29 is 18.3 Å². The van der Waals surface area contributed by atoms with Crippen molar-refractivity contribution in [1.82, 2.24) is 0 Å². The fraction of sp³-hybridized carbons (Fsp3) is 0.500. The van der Waals surface area contributed by atoms with E-state index in [-0.39, 0.29) is 5.57 Å². The summed E-state index contributed by atoms with van der Waals surface area (Å²) in [5.41, 5.74) is 0.275. The van der Waals surface area contributed by atoms with Gasteiger partial charge in [0.05, 0.1) is 7.11 Å². The zero-order valence-electron chi connectivity index (χ0n) is 8.34. The van der Waals surface area contributed by atoms with Gasteiger partial charge in [0, 0.05) is 21.9 Å². The maximum atomic E-state index is 12.6. The molecular weight excluding hydrogens is 270 g/mol. The first-order valence-electron chi connectivity index (χ1n) is 4.42. The van der Waals surface area contributed by atoms with E-state index in [1.165, 1.54) is 19.3 Å². The highest BCUT2D eigenvalue weighted by atomic mass is 79.9. The third kappa shape index (κ3) is 2.65. The Bertz CT molecular complexity index is 323. The topological polar surface area (TPSA) is 26.3 Å². The van der Waals surface area contributed by atoms with E-state index in [0.29, 0.717) is 4.48 Å². The molecule has 0 heterocycles. The Morgan fingerprint density at radius 2 is 2.20 bits per heavy atom. The van der Waals surface area contributed by atoms with Gasteiger partial charge in [0.15, 0.2) is 0 Å². The van der Waals surface area contributed by atoms with Gasteiger partial charge >= 0.3 is 5.97 Å². The van der Waals surface area contributed by atoms with Gasteiger partial charge in [0.25, 0.3) is 0 Å². The van der Waals surface area contributed by atoms with Gasteiger partial charge in [0.1, 0.15) is 0 Å². The SMILES string of the molecule is COC(=O)C1=CC(Br)=CC(C(F)F)C1C. The summed E-state index contributed by atoms with van der Waals surface area (Å²) in [6.45, 7) is 1.59. The predicted octanol–water partition coefficient (Wildman–Crippen LogP) is 2.90. The van der Waals surface area contributed by atoms with Crippen LogP contribution in [-0.4, -0.2) is 19.5 Å². The number of esters is 1. The average Bonchev–Trinajstić information content (AvgIpc) is 2.19. The Morgan fingerprint density at radius 3 is 2.67 bits per heavy atom. The molecule has 0 bridgehead atoms. The molecule has 0 N–H and O–H groups in total. The minimum atomic E-state index is -2.49. The van der Waals surface area contributed by atoms with Crippen LogP contribution < -0.4 is 0 Å². The first kappa shape index (κ1) is 12.4. The van der Waals surface area contributed by atoms with Crippen LogP contribution in [0.4, 0.5) is 8.78 Å². The zero-order valence-corrected chi connectivity index (χ0v) is 9.92. The van der Waals surface area contributed by atoms with Crippen molar-refractivity contribution in [3.05, 3.63) is 22.2 Å². The number of carbonyl (C=O) groups is 1. The quantitative estimate of drug-likeness (QED) is 0.727. The second kappa shape index (κ2) is 4.88. The van der Waals surface area contributed by atoms with E-state index in [1.807, 2.05) is 0 Å². The molecule has 15 heavy (non-hydrogen) atoms. The summed E-state index contributed by atoms with van der Waals surface area (Å²) in [4.78, 5) is 11.3. The van der Waals surface area contributed by atoms with Gasteiger partial charge in [-0.2, -0.15) is 0 Å². The van der Waals surface area contributed by atoms with Gasteiger partial charge in [-0.05, 0) is 6.08 Å². The number of ether oxygens (including phenoxy) is 1. The number of carbonyl (C=O) groups excluding carboxylic acids is 1. The molecule has 2 atom stereocenters. The summed E-state index contributed by atoms with van der Waals surface area (Å²) in [6.07, 6.45) is 0.456. The molecule has 1 rings (SSSR count). The second-order valence-corrected chi connectivity index (χ2v) is 4.26. The van der Waals surface area contributed by atoms with Crippen molar-refractivity contribution in [3.8, 4) is 0 Å². The number of alkyl halides is 2. The Balaban J connectivity index is 2.99. The highest BCUT2D eigenvalue weighted by Gasteiger charge is 2.33. The summed E-state index contributed by atoms with van der Waals surface area (Å²) in [6, 6.07) is 0. The number of hydrogen-bond donors (Lipinski definition) is 0. The Kier molecular flexibility index (Phi) is 4.02. The van der Waals surface area contributed by atoms with Crippen molar-refractivity contribution in [2.75, 3.05) is 7.11 Å². The van der Waals surface area contributed by atoms with Gasteiger partial charge < -0.3 is 4.74 Å². The summed E-state index contributed by atoms with van der Waals surface area (Å²) < 4.78 is 30.3. The molecule has 2 unspecified atom stereocenters. The van der Waals surface area contributed by atoms with Crippen LogP contribution in [0, 0.1) is 11.8 Å². The van der Waals surface area contributed by atoms with Crippen molar-refractivity contribution >= 4 is 21.9 Å². The molecule has 0 aliphatic heterocycles. The molecule has 0 aromatic heterocycles. The standard InChI is InChI=1S/C10H11BrF2O2/c1-5-7(9(12)13)3-6(11)4-8(5)10(14)15-2/h3-5,7,9H,1-2H3. The van der Waals surface area contributed by atoms with Crippen LogP contribution in [-0.2, 0) is 9.53 Å². The molecular formula is C10H11BrF2O2. The Morgan fingerprint density at radius 1 is 1.60 bits per heavy atom. The van der Waals surface area contributed by atoms with E-state index in [0.717, 1.165) is 0 Å². The minimum absolute atomic E-state index is 0.275. The first-order valence-corrected chi connectivity index (χ1v) is 5.22. The second-order valence-electron chi connectivity index (χ2n) is 3.34. The molecule has 0 aromatic rings. The highest BCUT2D eigenvalue weighted by molar-refractivity contribution is 9.11. The lowest BCUT2D eigenvalue weighted by Gasteiger charge is -2.25. The van der Waals surface area contributed by atoms with E-state index in [4.69, 9.17) is 0 Å². The van der Waals surface area contributed by atoms with Crippen LogP contribution in [0.1, 0.15) is 6.92 Å². The van der Waals surface area contributed by atoms with Crippen LogP contribution >= 0.6 is 15.9 Å². The third-order valence-electron chi connectivity index (χ3n) is 2.43. The van der Waals surface area contributed by atoms with Gasteiger partial charge in [0.2, 0.25) is 6.43 Å². The van der Waals surface area contributed by atoms with Crippen LogP contribution in [0.25, 0.3) is 0 Å². The molecule has 0 saturated heterocycles. The molecule has 1 aliphatic rings. The summed E-state index contributed by atoms with van der Waals surface area (Å²) in [5, 5.41) is 0. The average molecular weight is 281 g/mol. The number of allylic oxidation sites excluding steroid dienone is 3. The van der Waals surface area contributed by atoms with Crippen molar-refractivity contribution in [2.45, 2.75) is 13.3 Å². The fourth-order valence-electron chi connectivity index (χ4n) is 1.52.